The second kappa shape index (κ2) is 7.07. The molecule has 1 atom stereocenters. The summed E-state index contributed by atoms with van der Waals surface area (Å²) in [7, 11) is 1.95. The van der Waals surface area contributed by atoms with Crippen molar-refractivity contribution in [2.45, 2.75) is 64.5 Å². The molecule has 2 aromatic heterocycles. The Bertz CT molecular complexity index is 931. The number of carbonyl (C=O) groups is 1. The molecule has 0 aromatic carbocycles. The van der Waals surface area contributed by atoms with Crippen molar-refractivity contribution in [3.8, 4) is 0 Å². The quantitative estimate of drug-likeness (QED) is 0.826. The lowest BCUT2D eigenvalue weighted by Gasteiger charge is -2.38. The highest BCUT2D eigenvalue weighted by atomic mass is 19.3. The summed E-state index contributed by atoms with van der Waals surface area (Å²) < 4.78 is 27.8. The van der Waals surface area contributed by atoms with E-state index in [1.807, 2.05) is 45.0 Å². The van der Waals surface area contributed by atoms with E-state index >= 15 is 0 Å². The fourth-order valence-corrected chi connectivity index (χ4v) is 4.35. The van der Waals surface area contributed by atoms with Gasteiger partial charge in [-0.3, -0.25) is 14.5 Å². The molecule has 29 heavy (non-hydrogen) atoms. The number of pyridine rings is 1. The van der Waals surface area contributed by atoms with E-state index in [1.54, 1.807) is 10.9 Å². The van der Waals surface area contributed by atoms with Crippen LogP contribution in [-0.4, -0.2) is 39.7 Å². The van der Waals surface area contributed by atoms with E-state index in [0.29, 0.717) is 0 Å². The predicted molar refractivity (Wildman–Crippen MR) is 107 cm³/mol. The van der Waals surface area contributed by atoms with E-state index in [4.69, 9.17) is 0 Å². The zero-order valence-corrected chi connectivity index (χ0v) is 17.2. The normalized spacial score (nSPS) is 21.1. The van der Waals surface area contributed by atoms with E-state index in [9.17, 15) is 13.6 Å². The van der Waals surface area contributed by atoms with Gasteiger partial charge in [0.15, 0.2) is 0 Å². The molecule has 0 spiro atoms. The third-order valence-corrected chi connectivity index (χ3v) is 5.95. The van der Waals surface area contributed by atoms with E-state index in [0.717, 1.165) is 41.2 Å². The van der Waals surface area contributed by atoms with Crippen LogP contribution < -0.4 is 10.2 Å². The van der Waals surface area contributed by atoms with Crippen LogP contribution in [0.1, 0.15) is 49.7 Å². The molecule has 0 unspecified atom stereocenters. The van der Waals surface area contributed by atoms with E-state index in [-0.39, 0.29) is 36.8 Å². The molecule has 0 radical (unpaired) electrons. The molecule has 0 bridgehead atoms. The van der Waals surface area contributed by atoms with Crippen LogP contribution in [-0.2, 0) is 17.6 Å². The number of rotatable bonds is 5. The molecule has 8 heteroatoms. The van der Waals surface area contributed by atoms with Crippen molar-refractivity contribution in [2.24, 2.45) is 5.92 Å². The first-order valence-electron chi connectivity index (χ1n) is 10.1. The summed E-state index contributed by atoms with van der Waals surface area (Å²) in [5.74, 6) is -2.35. The molecule has 6 nitrogen and oxygen atoms in total. The van der Waals surface area contributed by atoms with Gasteiger partial charge in [0, 0.05) is 31.8 Å². The minimum absolute atomic E-state index is 0.00151. The van der Waals surface area contributed by atoms with Gasteiger partial charge in [0.1, 0.15) is 6.04 Å². The average Bonchev–Trinajstić information content (AvgIpc) is 3.07. The Morgan fingerprint density at radius 3 is 2.69 bits per heavy atom. The van der Waals surface area contributed by atoms with Gasteiger partial charge < -0.3 is 10.2 Å². The highest BCUT2D eigenvalue weighted by Crippen LogP contribution is 2.45. The first kappa shape index (κ1) is 19.8. The lowest BCUT2D eigenvalue weighted by molar-refractivity contribution is -0.118. The molecule has 3 heterocycles. The molecule has 2 aromatic rings. The average molecular weight is 403 g/mol. The van der Waals surface area contributed by atoms with Gasteiger partial charge in [-0.25, -0.2) is 8.78 Å². The van der Waals surface area contributed by atoms with Crippen molar-refractivity contribution in [2.75, 3.05) is 17.3 Å². The third kappa shape index (κ3) is 3.72. The van der Waals surface area contributed by atoms with Gasteiger partial charge in [0.05, 0.1) is 29.3 Å². The van der Waals surface area contributed by atoms with Crippen LogP contribution in [0.3, 0.4) is 0 Å². The molecule has 0 saturated heterocycles. The SMILES string of the molecule is Cc1nc(CCc2cnn(C3CC(F)(F)C3)c2)cc2c1NC(=O)[C@H](C(C)C)N2C. The smallest absolute Gasteiger partial charge is 0.252 e. The Morgan fingerprint density at radius 1 is 1.31 bits per heavy atom. The number of halogens is 2. The van der Waals surface area contributed by atoms with Gasteiger partial charge in [0.25, 0.3) is 5.92 Å². The summed E-state index contributed by atoms with van der Waals surface area (Å²) in [6.45, 7) is 5.98. The largest absolute Gasteiger partial charge is 0.361 e. The number of hydrogen-bond donors (Lipinski definition) is 1. The van der Waals surface area contributed by atoms with E-state index in [2.05, 4.69) is 15.4 Å². The standard InChI is InChI=1S/C21H27F2N5O/c1-12(2)19-20(29)26-18-13(3)25-15(7-17(18)27(19)4)6-5-14-10-24-28(11-14)16-8-21(22,23)9-16/h7,10-12,16,19H,5-6,8-9H2,1-4H3,(H,26,29)/t19-/m0/s1. The minimum atomic E-state index is -2.54. The van der Waals surface area contributed by atoms with Gasteiger partial charge in [-0.2, -0.15) is 5.10 Å². The molecule has 1 aliphatic carbocycles. The Balaban J connectivity index is 1.48. The third-order valence-electron chi connectivity index (χ3n) is 5.95. The van der Waals surface area contributed by atoms with Crippen molar-refractivity contribution < 1.29 is 13.6 Å². The molecular formula is C21H27F2N5O. The Labute approximate surface area is 169 Å². The summed E-state index contributed by atoms with van der Waals surface area (Å²) in [5, 5.41) is 7.27. The van der Waals surface area contributed by atoms with Crippen molar-refractivity contribution >= 4 is 17.3 Å². The van der Waals surface area contributed by atoms with Crippen molar-refractivity contribution in [1.82, 2.24) is 14.8 Å². The highest BCUT2D eigenvalue weighted by molar-refractivity contribution is 6.04. The van der Waals surface area contributed by atoms with Crippen molar-refractivity contribution in [3.63, 3.8) is 0 Å². The predicted octanol–water partition coefficient (Wildman–Crippen LogP) is 3.75. The zero-order chi connectivity index (χ0) is 20.9. The topological polar surface area (TPSA) is 63.1 Å². The van der Waals surface area contributed by atoms with Gasteiger partial charge in [-0.1, -0.05) is 13.8 Å². The number of nitrogens with one attached hydrogen (secondary N) is 1. The zero-order valence-electron chi connectivity index (χ0n) is 17.2. The highest BCUT2D eigenvalue weighted by Gasteiger charge is 2.46. The van der Waals surface area contributed by atoms with Gasteiger partial charge in [0.2, 0.25) is 5.91 Å². The van der Waals surface area contributed by atoms with Gasteiger partial charge in [-0.15, -0.1) is 0 Å². The molecule has 1 amide bonds. The fourth-order valence-electron chi connectivity index (χ4n) is 4.35. The van der Waals surface area contributed by atoms with Crippen LogP contribution in [0.4, 0.5) is 20.2 Å². The Hall–Kier alpha value is -2.51. The fraction of sp³-hybridized carbons (Fsp3) is 0.571. The van der Waals surface area contributed by atoms with E-state index < -0.39 is 5.92 Å². The maximum Gasteiger partial charge on any atom is 0.252 e. The van der Waals surface area contributed by atoms with Crippen LogP contribution in [0.2, 0.25) is 0 Å². The first-order valence-corrected chi connectivity index (χ1v) is 10.1. The van der Waals surface area contributed by atoms with Crippen LogP contribution in [0.15, 0.2) is 18.5 Å². The van der Waals surface area contributed by atoms with E-state index in [1.165, 1.54) is 0 Å². The number of aromatic nitrogens is 3. The van der Waals surface area contributed by atoms with Gasteiger partial charge >= 0.3 is 0 Å². The molecular weight excluding hydrogens is 376 g/mol. The number of nitrogens with zero attached hydrogens (tertiary/aromatic N) is 4. The van der Waals surface area contributed by atoms with Crippen LogP contribution in [0.5, 0.6) is 0 Å². The van der Waals surface area contributed by atoms with Crippen LogP contribution in [0.25, 0.3) is 0 Å². The number of amides is 1. The van der Waals surface area contributed by atoms with Crippen LogP contribution in [0, 0.1) is 12.8 Å². The summed E-state index contributed by atoms with van der Waals surface area (Å²) in [6, 6.07) is 1.62. The summed E-state index contributed by atoms with van der Waals surface area (Å²) >= 11 is 0. The molecule has 1 aliphatic heterocycles. The summed E-state index contributed by atoms with van der Waals surface area (Å²) in [6.07, 6.45) is 4.81. The second-order valence-electron chi connectivity index (χ2n) is 8.63. The number of alkyl halides is 2. The monoisotopic (exact) mass is 403 g/mol. The number of hydrogen-bond acceptors (Lipinski definition) is 4. The number of likely N-dealkylation sites (N-methyl/N-ethyl adjacent to an activating group) is 1. The molecule has 4 rings (SSSR count). The molecule has 1 N–H and O–H groups in total. The number of aryl methyl sites for hydroxylation is 3. The summed E-state index contributed by atoms with van der Waals surface area (Å²) in [5.41, 5.74) is 4.51. The van der Waals surface area contributed by atoms with Crippen LogP contribution >= 0.6 is 0 Å². The maximum absolute atomic E-state index is 13.1. The lowest BCUT2D eigenvalue weighted by atomic mass is 9.88. The summed E-state index contributed by atoms with van der Waals surface area (Å²) in [4.78, 5) is 19.1. The Kier molecular flexibility index (Phi) is 4.83. The maximum atomic E-state index is 13.1. The lowest BCUT2D eigenvalue weighted by Crippen LogP contribution is -2.49. The number of anilines is 2. The van der Waals surface area contributed by atoms with Gasteiger partial charge in [-0.05, 0) is 37.3 Å². The van der Waals surface area contributed by atoms with Crippen molar-refractivity contribution in [3.05, 3.63) is 35.4 Å². The minimum Gasteiger partial charge on any atom is -0.361 e. The molecule has 1 fully saturated rings. The second-order valence-corrected chi connectivity index (χ2v) is 8.63. The number of carbonyl (C=O) groups excluding carboxylic acids is 1. The van der Waals surface area contributed by atoms with Crippen molar-refractivity contribution in [1.29, 1.82) is 0 Å². The number of fused-ring (bicyclic) bond motifs is 1. The first-order chi connectivity index (χ1) is 13.6. The molecule has 1 saturated carbocycles. The Morgan fingerprint density at radius 2 is 2.03 bits per heavy atom. The molecule has 156 valence electrons. The molecule has 2 aliphatic rings.